The lowest BCUT2D eigenvalue weighted by Gasteiger charge is -2.16. The van der Waals surface area contributed by atoms with Gasteiger partial charge in [0.2, 0.25) is 5.91 Å². The number of rotatable bonds is 4. The number of hydrogen-bond acceptors (Lipinski definition) is 3. The second-order valence-electron chi connectivity index (χ2n) is 6.47. The standard InChI is InChI=1S/C20H20ClN3O2/c1-12-4-5-15(8-13(12)2)14(3)23-19(25)10-24-11-22-18-7-6-16(21)9-17(18)20(24)26/h4-9,11,14H,10H2,1-3H3,(H,23,25). The van der Waals surface area contributed by atoms with Gasteiger partial charge in [0.15, 0.2) is 0 Å². The summed E-state index contributed by atoms with van der Waals surface area (Å²) in [5.41, 5.74) is 3.68. The molecule has 0 aliphatic heterocycles. The zero-order valence-electron chi connectivity index (χ0n) is 14.9. The van der Waals surface area contributed by atoms with Gasteiger partial charge < -0.3 is 5.32 Å². The molecule has 134 valence electrons. The number of halogens is 1. The molecule has 5 nitrogen and oxygen atoms in total. The van der Waals surface area contributed by atoms with Gasteiger partial charge in [0, 0.05) is 5.02 Å². The number of nitrogens with one attached hydrogen (secondary N) is 1. The largest absolute Gasteiger partial charge is 0.348 e. The predicted molar refractivity (Wildman–Crippen MR) is 103 cm³/mol. The summed E-state index contributed by atoms with van der Waals surface area (Å²) in [6, 6.07) is 10.9. The Morgan fingerprint density at radius 1 is 1.19 bits per heavy atom. The fourth-order valence-electron chi connectivity index (χ4n) is 2.80. The highest BCUT2D eigenvalue weighted by atomic mass is 35.5. The quantitative estimate of drug-likeness (QED) is 0.765. The Kier molecular flexibility index (Phi) is 5.09. The van der Waals surface area contributed by atoms with Crippen LogP contribution in [-0.2, 0) is 11.3 Å². The van der Waals surface area contributed by atoms with Gasteiger partial charge in [0.05, 0.1) is 23.3 Å². The Morgan fingerprint density at radius 3 is 2.69 bits per heavy atom. The Labute approximate surface area is 156 Å². The maximum absolute atomic E-state index is 12.5. The molecule has 1 aromatic heterocycles. The Morgan fingerprint density at radius 2 is 1.96 bits per heavy atom. The number of aryl methyl sites for hydroxylation is 2. The van der Waals surface area contributed by atoms with Crippen LogP contribution in [0.4, 0.5) is 0 Å². The summed E-state index contributed by atoms with van der Waals surface area (Å²) in [4.78, 5) is 29.1. The van der Waals surface area contributed by atoms with E-state index in [2.05, 4.69) is 16.4 Å². The van der Waals surface area contributed by atoms with Crippen molar-refractivity contribution < 1.29 is 4.79 Å². The Bertz CT molecular complexity index is 1040. The topological polar surface area (TPSA) is 64.0 Å². The average molecular weight is 370 g/mol. The van der Waals surface area contributed by atoms with Crippen LogP contribution in [0.5, 0.6) is 0 Å². The molecule has 3 rings (SSSR count). The summed E-state index contributed by atoms with van der Waals surface area (Å²) in [6.07, 6.45) is 1.39. The minimum absolute atomic E-state index is 0.0938. The Balaban J connectivity index is 1.77. The molecule has 1 atom stereocenters. The van der Waals surface area contributed by atoms with Crippen molar-refractivity contribution in [1.29, 1.82) is 0 Å². The number of benzene rings is 2. The van der Waals surface area contributed by atoms with Crippen molar-refractivity contribution in [3.8, 4) is 0 Å². The molecule has 2 aromatic carbocycles. The van der Waals surface area contributed by atoms with Gasteiger partial charge >= 0.3 is 0 Å². The van der Waals surface area contributed by atoms with Gasteiger partial charge in [-0.15, -0.1) is 0 Å². The van der Waals surface area contributed by atoms with Gasteiger partial charge in [0.25, 0.3) is 5.56 Å². The lowest BCUT2D eigenvalue weighted by Crippen LogP contribution is -2.34. The van der Waals surface area contributed by atoms with Gasteiger partial charge in [-0.05, 0) is 55.7 Å². The van der Waals surface area contributed by atoms with Crippen LogP contribution < -0.4 is 10.9 Å². The van der Waals surface area contributed by atoms with Crippen molar-refractivity contribution >= 4 is 28.4 Å². The molecule has 0 spiro atoms. The van der Waals surface area contributed by atoms with Crippen LogP contribution in [0.15, 0.2) is 47.5 Å². The highest BCUT2D eigenvalue weighted by molar-refractivity contribution is 6.31. The zero-order chi connectivity index (χ0) is 18.8. The van der Waals surface area contributed by atoms with E-state index in [0.717, 1.165) is 5.56 Å². The number of hydrogen-bond donors (Lipinski definition) is 1. The molecule has 0 radical (unpaired) electrons. The van der Waals surface area contributed by atoms with Gasteiger partial charge in [-0.1, -0.05) is 29.8 Å². The first-order valence-electron chi connectivity index (χ1n) is 8.36. The smallest absolute Gasteiger partial charge is 0.261 e. The van der Waals surface area contributed by atoms with E-state index in [-0.39, 0.29) is 24.1 Å². The summed E-state index contributed by atoms with van der Waals surface area (Å²) in [7, 11) is 0. The lowest BCUT2D eigenvalue weighted by atomic mass is 10.0. The molecule has 0 aliphatic rings. The van der Waals surface area contributed by atoms with Gasteiger partial charge in [-0.3, -0.25) is 14.2 Å². The fourth-order valence-corrected chi connectivity index (χ4v) is 2.98. The van der Waals surface area contributed by atoms with Crippen LogP contribution in [-0.4, -0.2) is 15.5 Å². The number of carbonyl (C=O) groups excluding carboxylic acids is 1. The molecular formula is C20H20ClN3O2. The SMILES string of the molecule is Cc1ccc(C(C)NC(=O)Cn2cnc3ccc(Cl)cc3c2=O)cc1C. The van der Waals surface area contributed by atoms with Gasteiger partial charge in [0.1, 0.15) is 6.54 Å². The molecule has 0 aliphatic carbocycles. The predicted octanol–water partition coefficient (Wildman–Crippen LogP) is 3.54. The highest BCUT2D eigenvalue weighted by Gasteiger charge is 2.13. The normalized spacial score (nSPS) is 12.2. The molecule has 0 saturated heterocycles. The molecule has 3 aromatic rings. The third-order valence-corrected chi connectivity index (χ3v) is 4.74. The average Bonchev–Trinajstić information content (AvgIpc) is 2.60. The summed E-state index contributed by atoms with van der Waals surface area (Å²) < 4.78 is 1.29. The first kappa shape index (κ1) is 18.1. The van der Waals surface area contributed by atoms with Crippen LogP contribution >= 0.6 is 11.6 Å². The molecule has 26 heavy (non-hydrogen) atoms. The zero-order valence-corrected chi connectivity index (χ0v) is 15.7. The number of carbonyl (C=O) groups is 1. The number of fused-ring (bicyclic) bond motifs is 1. The molecule has 0 bridgehead atoms. The number of nitrogens with zero attached hydrogens (tertiary/aromatic N) is 2. The second kappa shape index (κ2) is 7.30. The lowest BCUT2D eigenvalue weighted by molar-refractivity contribution is -0.122. The fraction of sp³-hybridized carbons (Fsp3) is 0.250. The van der Waals surface area contributed by atoms with Crippen molar-refractivity contribution in [1.82, 2.24) is 14.9 Å². The third-order valence-electron chi connectivity index (χ3n) is 4.51. The minimum atomic E-state index is -0.286. The van der Waals surface area contributed by atoms with E-state index >= 15 is 0 Å². The second-order valence-corrected chi connectivity index (χ2v) is 6.91. The van der Waals surface area contributed by atoms with Crippen LogP contribution in [0, 0.1) is 13.8 Å². The van der Waals surface area contributed by atoms with Crippen LogP contribution in [0.25, 0.3) is 10.9 Å². The first-order valence-corrected chi connectivity index (χ1v) is 8.74. The molecule has 1 amide bonds. The molecule has 1 unspecified atom stereocenters. The van der Waals surface area contributed by atoms with Crippen LogP contribution in [0.3, 0.4) is 0 Å². The van der Waals surface area contributed by atoms with Crippen molar-refractivity contribution in [2.75, 3.05) is 0 Å². The van der Waals surface area contributed by atoms with E-state index < -0.39 is 0 Å². The molecule has 1 N–H and O–H groups in total. The monoisotopic (exact) mass is 369 g/mol. The van der Waals surface area contributed by atoms with E-state index in [1.165, 1.54) is 22.0 Å². The highest BCUT2D eigenvalue weighted by Crippen LogP contribution is 2.17. The summed E-state index contributed by atoms with van der Waals surface area (Å²) in [5, 5.41) is 3.78. The first-order chi connectivity index (χ1) is 12.3. The summed E-state index contributed by atoms with van der Waals surface area (Å²) in [5.74, 6) is -0.249. The minimum Gasteiger partial charge on any atom is -0.348 e. The van der Waals surface area contributed by atoms with Crippen molar-refractivity contribution in [3.63, 3.8) is 0 Å². The van der Waals surface area contributed by atoms with E-state index in [4.69, 9.17) is 11.6 Å². The number of amides is 1. The van der Waals surface area contributed by atoms with Gasteiger partial charge in [-0.2, -0.15) is 0 Å². The van der Waals surface area contributed by atoms with Crippen LogP contribution in [0.2, 0.25) is 5.02 Å². The van der Waals surface area contributed by atoms with E-state index in [0.29, 0.717) is 15.9 Å². The maximum atomic E-state index is 12.5. The van der Waals surface area contributed by atoms with Crippen molar-refractivity contribution in [2.24, 2.45) is 0 Å². The van der Waals surface area contributed by atoms with Crippen molar-refractivity contribution in [2.45, 2.75) is 33.4 Å². The van der Waals surface area contributed by atoms with Crippen molar-refractivity contribution in [3.05, 3.63) is 74.8 Å². The number of aromatic nitrogens is 2. The molecule has 6 heteroatoms. The third kappa shape index (κ3) is 3.78. The van der Waals surface area contributed by atoms with E-state index in [1.54, 1.807) is 18.2 Å². The molecular weight excluding hydrogens is 350 g/mol. The molecule has 0 saturated carbocycles. The Hall–Kier alpha value is -2.66. The van der Waals surface area contributed by atoms with E-state index in [9.17, 15) is 9.59 Å². The van der Waals surface area contributed by atoms with Gasteiger partial charge in [-0.25, -0.2) is 4.98 Å². The molecule has 1 heterocycles. The summed E-state index contributed by atoms with van der Waals surface area (Å²) in [6.45, 7) is 5.92. The van der Waals surface area contributed by atoms with Crippen LogP contribution in [0.1, 0.15) is 29.7 Å². The van der Waals surface area contributed by atoms with E-state index in [1.807, 2.05) is 32.9 Å². The molecule has 0 fully saturated rings. The summed E-state index contributed by atoms with van der Waals surface area (Å²) >= 11 is 5.95. The maximum Gasteiger partial charge on any atom is 0.261 e.